The lowest BCUT2D eigenvalue weighted by atomic mass is 10.2. The Balaban J connectivity index is 1.68. The molecule has 1 saturated carbocycles. The first-order valence-electron chi connectivity index (χ1n) is 7.04. The van der Waals surface area contributed by atoms with Crippen LogP contribution in [0.4, 0.5) is 11.8 Å². The molecule has 0 amide bonds. The first kappa shape index (κ1) is 11.9. The van der Waals surface area contributed by atoms with Crippen LogP contribution < -0.4 is 10.6 Å². The van der Waals surface area contributed by atoms with Gasteiger partial charge in [-0.05, 0) is 18.8 Å². The molecule has 0 radical (unpaired) electrons. The van der Waals surface area contributed by atoms with Gasteiger partial charge in [-0.25, -0.2) is 0 Å². The van der Waals surface area contributed by atoms with E-state index in [2.05, 4.69) is 20.0 Å². The fourth-order valence-electron chi connectivity index (χ4n) is 2.78. The predicted octanol–water partition coefficient (Wildman–Crippen LogP) is 0.561. The average Bonchev–Trinajstić information content (AvgIpc) is 3.24. The smallest absolute Gasteiger partial charge is 0.229 e. The molecule has 3 heterocycles. The molecule has 2 aromatic heterocycles. The molecule has 2 N–H and O–H groups in total. The van der Waals surface area contributed by atoms with Gasteiger partial charge in [0.2, 0.25) is 5.95 Å². The maximum atomic E-state index is 6.02. The van der Waals surface area contributed by atoms with Gasteiger partial charge in [-0.1, -0.05) is 0 Å². The van der Waals surface area contributed by atoms with Crippen LogP contribution in [0, 0.1) is 5.92 Å². The Labute approximate surface area is 116 Å². The maximum Gasteiger partial charge on any atom is 0.229 e. The first-order chi connectivity index (χ1) is 9.72. The van der Waals surface area contributed by atoms with Gasteiger partial charge in [-0.15, -0.1) is 0 Å². The average molecular weight is 274 g/mol. The highest BCUT2D eigenvalue weighted by molar-refractivity contribution is 5.86. The molecule has 4 rings (SSSR count). The highest BCUT2D eigenvalue weighted by Crippen LogP contribution is 2.36. The molecular weight excluding hydrogens is 256 g/mol. The minimum absolute atomic E-state index is 0.316. The number of aromatic nitrogens is 4. The summed E-state index contributed by atoms with van der Waals surface area (Å²) in [6, 6.07) is 0. The molecule has 2 aromatic rings. The van der Waals surface area contributed by atoms with Crippen LogP contribution >= 0.6 is 0 Å². The second-order valence-corrected chi connectivity index (χ2v) is 5.61. The third-order valence-electron chi connectivity index (χ3n) is 4.13. The zero-order valence-electron chi connectivity index (χ0n) is 11.5. The quantitative estimate of drug-likeness (QED) is 0.861. The highest BCUT2D eigenvalue weighted by Gasteiger charge is 2.36. The van der Waals surface area contributed by atoms with Crippen molar-refractivity contribution in [1.29, 1.82) is 0 Å². The van der Waals surface area contributed by atoms with Crippen LogP contribution in [-0.4, -0.2) is 45.5 Å². The number of anilines is 2. The summed E-state index contributed by atoms with van der Waals surface area (Å²) in [6.45, 7) is 2.40. The van der Waals surface area contributed by atoms with Gasteiger partial charge in [-0.3, -0.25) is 4.68 Å². The van der Waals surface area contributed by atoms with E-state index in [1.54, 1.807) is 10.9 Å². The summed E-state index contributed by atoms with van der Waals surface area (Å²) >= 11 is 0. The van der Waals surface area contributed by atoms with E-state index in [9.17, 15) is 0 Å². The molecule has 1 aliphatic carbocycles. The number of hydrogen-bond donors (Lipinski definition) is 1. The van der Waals surface area contributed by atoms with Gasteiger partial charge in [0, 0.05) is 20.1 Å². The van der Waals surface area contributed by atoms with E-state index >= 15 is 0 Å². The molecule has 20 heavy (non-hydrogen) atoms. The van der Waals surface area contributed by atoms with Crippen molar-refractivity contribution in [3.63, 3.8) is 0 Å². The molecule has 2 fully saturated rings. The van der Waals surface area contributed by atoms with Crippen molar-refractivity contribution in [3.05, 3.63) is 6.20 Å². The van der Waals surface area contributed by atoms with E-state index in [0.717, 1.165) is 36.6 Å². The van der Waals surface area contributed by atoms with Crippen LogP contribution in [-0.2, 0) is 11.8 Å². The maximum absolute atomic E-state index is 6.02. The van der Waals surface area contributed by atoms with Gasteiger partial charge in [0.25, 0.3) is 0 Å². The summed E-state index contributed by atoms with van der Waals surface area (Å²) in [6.07, 6.45) is 4.58. The molecule has 0 aromatic carbocycles. The van der Waals surface area contributed by atoms with Crippen LogP contribution in [0.25, 0.3) is 11.0 Å². The summed E-state index contributed by atoms with van der Waals surface area (Å²) in [5, 5.41) is 5.00. The number of aryl methyl sites for hydroxylation is 1. The third-order valence-corrected chi connectivity index (χ3v) is 4.13. The monoisotopic (exact) mass is 274 g/mol. The minimum atomic E-state index is 0.316. The molecule has 0 spiro atoms. The number of hydrogen-bond acceptors (Lipinski definition) is 6. The topological polar surface area (TPSA) is 82.1 Å². The molecule has 2 aliphatic rings. The Morgan fingerprint density at radius 1 is 1.35 bits per heavy atom. The molecule has 106 valence electrons. The molecule has 7 heteroatoms. The van der Waals surface area contributed by atoms with Crippen molar-refractivity contribution in [2.75, 3.05) is 30.3 Å². The Morgan fingerprint density at radius 3 is 3.00 bits per heavy atom. The van der Waals surface area contributed by atoms with E-state index < -0.39 is 0 Å². The van der Waals surface area contributed by atoms with Crippen molar-refractivity contribution < 1.29 is 4.74 Å². The second kappa shape index (κ2) is 4.31. The largest absolute Gasteiger partial charge is 0.383 e. The number of fused-ring (bicyclic) bond motifs is 1. The Kier molecular flexibility index (Phi) is 2.56. The fourth-order valence-corrected chi connectivity index (χ4v) is 2.78. The summed E-state index contributed by atoms with van der Waals surface area (Å²) in [5.74, 6) is 1.90. The molecule has 1 saturated heterocycles. The minimum Gasteiger partial charge on any atom is -0.383 e. The van der Waals surface area contributed by atoms with Gasteiger partial charge in [0.1, 0.15) is 5.82 Å². The first-order valence-corrected chi connectivity index (χ1v) is 7.04. The summed E-state index contributed by atoms with van der Waals surface area (Å²) in [4.78, 5) is 11.2. The number of morpholine rings is 1. The SMILES string of the molecule is Cn1ncc2c(N)nc(N3CCOC(C4CC4)C3)nc21. The van der Waals surface area contributed by atoms with Gasteiger partial charge in [-0.2, -0.15) is 15.1 Å². The van der Waals surface area contributed by atoms with Crippen LogP contribution in [0.3, 0.4) is 0 Å². The van der Waals surface area contributed by atoms with Crippen molar-refractivity contribution in [2.45, 2.75) is 18.9 Å². The number of rotatable bonds is 2. The second-order valence-electron chi connectivity index (χ2n) is 5.61. The molecular formula is C13H18N6O. The summed E-state index contributed by atoms with van der Waals surface area (Å²) < 4.78 is 7.57. The lowest BCUT2D eigenvalue weighted by molar-refractivity contribution is 0.0259. The standard InChI is InChI=1S/C13H18N6O/c1-18-12-9(6-15-18)11(14)16-13(17-12)19-4-5-20-10(7-19)8-2-3-8/h6,8,10H,2-5,7H2,1H3,(H2,14,16,17). The van der Waals surface area contributed by atoms with Crippen molar-refractivity contribution in [1.82, 2.24) is 19.7 Å². The number of nitrogen functional groups attached to an aromatic ring is 1. The predicted molar refractivity (Wildman–Crippen MR) is 75.4 cm³/mol. The molecule has 1 unspecified atom stereocenters. The Bertz CT molecular complexity index is 650. The van der Waals surface area contributed by atoms with Gasteiger partial charge in [0.05, 0.1) is 24.3 Å². The highest BCUT2D eigenvalue weighted by atomic mass is 16.5. The van der Waals surface area contributed by atoms with E-state index in [-0.39, 0.29) is 0 Å². The van der Waals surface area contributed by atoms with Crippen LogP contribution in [0.2, 0.25) is 0 Å². The lowest BCUT2D eigenvalue weighted by Crippen LogP contribution is -2.44. The molecule has 1 aliphatic heterocycles. The van der Waals surface area contributed by atoms with E-state index in [0.29, 0.717) is 17.9 Å². The van der Waals surface area contributed by atoms with E-state index in [4.69, 9.17) is 10.5 Å². The van der Waals surface area contributed by atoms with Gasteiger partial charge < -0.3 is 15.4 Å². The Morgan fingerprint density at radius 2 is 2.20 bits per heavy atom. The van der Waals surface area contributed by atoms with Crippen LogP contribution in [0.1, 0.15) is 12.8 Å². The zero-order valence-corrected chi connectivity index (χ0v) is 11.5. The van der Waals surface area contributed by atoms with Crippen LogP contribution in [0.5, 0.6) is 0 Å². The number of ether oxygens (including phenoxy) is 1. The Hall–Kier alpha value is -1.89. The third kappa shape index (κ3) is 1.89. The van der Waals surface area contributed by atoms with Crippen molar-refractivity contribution >= 4 is 22.8 Å². The van der Waals surface area contributed by atoms with Gasteiger partial charge >= 0.3 is 0 Å². The van der Waals surface area contributed by atoms with Crippen LogP contribution in [0.15, 0.2) is 6.20 Å². The zero-order chi connectivity index (χ0) is 13.7. The molecule has 0 bridgehead atoms. The summed E-state index contributed by atoms with van der Waals surface area (Å²) in [5.41, 5.74) is 6.80. The number of nitrogens with two attached hydrogens (primary N) is 1. The molecule has 1 atom stereocenters. The van der Waals surface area contributed by atoms with Crippen molar-refractivity contribution in [3.8, 4) is 0 Å². The number of nitrogens with zero attached hydrogens (tertiary/aromatic N) is 5. The lowest BCUT2D eigenvalue weighted by Gasteiger charge is -2.33. The van der Waals surface area contributed by atoms with E-state index in [1.807, 2.05) is 7.05 Å². The van der Waals surface area contributed by atoms with Gasteiger partial charge in [0.15, 0.2) is 5.65 Å². The summed E-state index contributed by atoms with van der Waals surface area (Å²) in [7, 11) is 1.87. The van der Waals surface area contributed by atoms with E-state index in [1.165, 1.54) is 12.8 Å². The normalized spacial score (nSPS) is 23.4. The molecule has 7 nitrogen and oxygen atoms in total. The van der Waals surface area contributed by atoms with Crippen molar-refractivity contribution in [2.24, 2.45) is 13.0 Å². The fraction of sp³-hybridized carbons (Fsp3) is 0.615.